The first-order chi connectivity index (χ1) is 12.3. The maximum Gasteiger partial charge on any atom is 0.302 e. The first-order valence-corrected chi connectivity index (χ1v) is 9.27. The van der Waals surface area contributed by atoms with Gasteiger partial charge in [-0.25, -0.2) is 0 Å². The molecule has 0 bridgehead atoms. The number of carbonyl (C=O) groups excluding carboxylic acids is 1. The second-order valence-electron chi connectivity index (χ2n) is 6.31. The van der Waals surface area contributed by atoms with E-state index in [1.165, 1.54) is 12.5 Å². The molecule has 6 nitrogen and oxygen atoms in total. The van der Waals surface area contributed by atoms with Crippen molar-refractivity contribution in [2.45, 2.75) is 65.6 Å². The van der Waals surface area contributed by atoms with Crippen molar-refractivity contribution in [2.75, 3.05) is 0 Å². The maximum atomic E-state index is 10.8. The number of carbonyl (C=O) groups is 1. The number of fused-ring (bicyclic) bond motifs is 1. The second-order valence-corrected chi connectivity index (χ2v) is 6.31. The number of nitrogens with two attached hydrogens (primary N) is 2. The molecule has 0 spiro atoms. The largest absolute Gasteiger partial charge is 0.462 e. The molecule has 0 heterocycles. The van der Waals surface area contributed by atoms with E-state index in [1.807, 2.05) is 32.0 Å². The van der Waals surface area contributed by atoms with Gasteiger partial charge in [0, 0.05) is 12.8 Å². The zero-order valence-electron chi connectivity index (χ0n) is 16.4. The van der Waals surface area contributed by atoms with Gasteiger partial charge in [0.2, 0.25) is 0 Å². The van der Waals surface area contributed by atoms with Crippen LogP contribution < -0.4 is 11.5 Å². The number of aliphatic hydroxyl groups excluding tert-OH is 1. The van der Waals surface area contributed by atoms with E-state index in [-0.39, 0.29) is 24.1 Å². The first-order valence-electron chi connectivity index (χ1n) is 9.27. The predicted molar refractivity (Wildman–Crippen MR) is 106 cm³/mol. The number of aryl methyl sites for hydroxylation is 1. The van der Waals surface area contributed by atoms with Crippen LogP contribution >= 0.6 is 0 Å². The van der Waals surface area contributed by atoms with Crippen molar-refractivity contribution in [2.24, 2.45) is 23.3 Å². The van der Waals surface area contributed by atoms with Crippen molar-refractivity contribution in [3.8, 4) is 0 Å². The fourth-order valence-electron chi connectivity index (χ4n) is 3.41. The third-order valence-electron chi connectivity index (χ3n) is 4.36. The summed E-state index contributed by atoms with van der Waals surface area (Å²) in [5, 5.41) is 15.7. The zero-order valence-corrected chi connectivity index (χ0v) is 16.4. The number of rotatable bonds is 1. The number of hydrogen-bond donors (Lipinski definition) is 4. The van der Waals surface area contributed by atoms with Gasteiger partial charge in [-0.1, -0.05) is 49.7 Å². The van der Waals surface area contributed by atoms with E-state index in [4.69, 9.17) is 10.1 Å². The standard InChI is InChI=1S/C10H16O3.C7H8.C2H6.CH5N3/c1-6(11)13-10-5-3-7-8(10)2-4-9(7)12;1-7-5-3-2-4-6-7;1-2;2-1(3)4/h7-10,12H,2-5H2,1H3;2-6H,1H3;1-2H3;(H5,2,3,4)/t7?,8-,9?,10?;;;/m0.../s1. The van der Waals surface area contributed by atoms with E-state index < -0.39 is 0 Å². The van der Waals surface area contributed by atoms with Crippen LogP contribution in [0.5, 0.6) is 0 Å². The van der Waals surface area contributed by atoms with Crippen LogP contribution in [0.15, 0.2) is 30.3 Å². The molecule has 2 saturated carbocycles. The molecule has 3 unspecified atom stereocenters. The Morgan fingerprint density at radius 3 is 2.00 bits per heavy atom. The maximum absolute atomic E-state index is 10.8. The van der Waals surface area contributed by atoms with E-state index in [0.717, 1.165) is 25.7 Å². The quantitative estimate of drug-likeness (QED) is 0.346. The Labute approximate surface area is 157 Å². The highest BCUT2D eigenvalue weighted by Gasteiger charge is 2.45. The Balaban J connectivity index is 0.000000406. The topological polar surface area (TPSA) is 122 Å². The fourth-order valence-corrected chi connectivity index (χ4v) is 3.41. The summed E-state index contributed by atoms with van der Waals surface area (Å²) in [6.45, 7) is 7.54. The molecule has 2 aliphatic carbocycles. The number of nitrogens with one attached hydrogen (secondary N) is 1. The van der Waals surface area contributed by atoms with Gasteiger partial charge in [0.15, 0.2) is 5.96 Å². The molecule has 1 aromatic carbocycles. The Bertz CT molecular complexity index is 518. The molecule has 2 aliphatic rings. The van der Waals surface area contributed by atoms with Gasteiger partial charge >= 0.3 is 5.97 Å². The molecule has 0 aromatic heterocycles. The zero-order chi connectivity index (χ0) is 20.1. The minimum atomic E-state index is -0.333. The van der Waals surface area contributed by atoms with Crippen LogP contribution in [0.2, 0.25) is 0 Å². The smallest absolute Gasteiger partial charge is 0.302 e. The first kappa shape index (κ1) is 23.9. The summed E-state index contributed by atoms with van der Waals surface area (Å²) in [6, 6.07) is 10.3. The summed E-state index contributed by atoms with van der Waals surface area (Å²) in [5.41, 5.74) is 10.3. The number of hydrogen-bond acceptors (Lipinski definition) is 4. The molecule has 0 aliphatic heterocycles. The number of guanidine groups is 1. The van der Waals surface area contributed by atoms with Gasteiger partial charge in [0.25, 0.3) is 0 Å². The van der Waals surface area contributed by atoms with Crippen molar-refractivity contribution in [3.05, 3.63) is 35.9 Å². The van der Waals surface area contributed by atoms with Crippen LogP contribution in [0.3, 0.4) is 0 Å². The average molecular weight is 366 g/mol. The van der Waals surface area contributed by atoms with Gasteiger partial charge in [0.05, 0.1) is 6.10 Å². The van der Waals surface area contributed by atoms with Crippen LogP contribution in [0.4, 0.5) is 0 Å². The van der Waals surface area contributed by atoms with Gasteiger partial charge in [-0.05, 0) is 38.5 Å². The average Bonchev–Trinajstić information content (AvgIpc) is 3.14. The molecule has 26 heavy (non-hydrogen) atoms. The van der Waals surface area contributed by atoms with Crippen LogP contribution in [-0.4, -0.2) is 29.2 Å². The second kappa shape index (κ2) is 13.2. The summed E-state index contributed by atoms with van der Waals surface area (Å²) >= 11 is 0. The molecule has 0 saturated heterocycles. The lowest BCUT2D eigenvalue weighted by molar-refractivity contribution is -0.148. The van der Waals surface area contributed by atoms with Crippen LogP contribution in [0.25, 0.3) is 0 Å². The molecule has 4 atom stereocenters. The molecular formula is C20H35N3O3. The lowest BCUT2D eigenvalue weighted by atomic mass is 9.98. The number of aliphatic hydroxyl groups is 1. The van der Waals surface area contributed by atoms with Gasteiger partial charge in [0.1, 0.15) is 6.10 Å². The highest BCUT2D eigenvalue weighted by Crippen LogP contribution is 2.45. The van der Waals surface area contributed by atoms with Gasteiger partial charge < -0.3 is 21.3 Å². The molecule has 6 N–H and O–H groups in total. The fraction of sp³-hybridized carbons (Fsp3) is 0.600. The van der Waals surface area contributed by atoms with Gasteiger partial charge in [-0.2, -0.15) is 0 Å². The molecule has 148 valence electrons. The van der Waals surface area contributed by atoms with Crippen molar-refractivity contribution in [1.29, 1.82) is 5.41 Å². The lowest BCUT2D eigenvalue weighted by Crippen LogP contribution is -2.23. The Morgan fingerprint density at radius 1 is 1.08 bits per heavy atom. The summed E-state index contributed by atoms with van der Waals surface area (Å²) in [5.74, 6) is 0.301. The van der Waals surface area contributed by atoms with E-state index >= 15 is 0 Å². The minimum absolute atomic E-state index is 0.0830. The van der Waals surface area contributed by atoms with Crippen molar-refractivity contribution < 1.29 is 14.6 Å². The Hall–Kier alpha value is -2.08. The number of benzene rings is 1. The van der Waals surface area contributed by atoms with E-state index in [0.29, 0.717) is 11.8 Å². The van der Waals surface area contributed by atoms with E-state index in [1.54, 1.807) is 0 Å². The SMILES string of the molecule is CC.CC(=O)OC1CCC2C(O)CC[C@H]12.Cc1ccccc1.N=C(N)N. The van der Waals surface area contributed by atoms with Gasteiger partial charge in [-0.3, -0.25) is 10.2 Å². The number of ether oxygens (including phenoxy) is 1. The van der Waals surface area contributed by atoms with Crippen molar-refractivity contribution in [3.63, 3.8) is 0 Å². The van der Waals surface area contributed by atoms with Gasteiger partial charge in [-0.15, -0.1) is 0 Å². The summed E-state index contributed by atoms with van der Waals surface area (Å²) in [6.07, 6.45) is 3.79. The lowest BCUT2D eigenvalue weighted by Gasteiger charge is -2.18. The van der Waals surface area contributed by atoms with Crippen molar-refractivity contribution >= 4 is 11.9 Å². The summed E-state index contributed by atoms with van der Waals surface area (Å²) < 4.78 is 5.22. The van der Waals surface area contributed by atoms with E-state index in [9.17, 15) is 9.90 Å². The molecule has 0 radical (unpaired) electrons. The monoisotopic (exact) mass is 365 g/mol. The Kier molecular flexibility index (Phi) is 12.1. The summed E-state index contributed by atoms with van der Waals surface area (Å²) in [4.78, 5) is 10.8. The van der Waals surface area contributed by atoms with E-state index in [2.05, 4.69) is 30.5 Å². The third kappa shape index (κ3) is 9.42. The molecule has 3 rings (SSSR count). The molecule has 6 heteroatoms. The predicted octanol–water partition coefficient (Wildman–Crippen LogP) is 2.96. The summed E-state index contributed by atoms with van der Waals surface area (Å²) in [7, 11) is 0. The van der Waals surface area contributed by atoms with Crippen LogP contribution in [-0.2, 0) is 9.53 Å². The van der Waals surface area contributed by atoms with Crippen LogP contribution in [0, 0.1) is 24.2 Å². The Morgan fingerprint density at radius 2 is 1.58 bits per heavy atom. The molecule has 1 aromatic rings. The normalized spacial score (nSPS) is 25.1. The number of esters is 1. The molecule has 2 fully saturated rings. The highest BCUT2D eigenvalue weighted by molar-refractivity contribution is 5.71. The molecule has 0 amide bonds. The van der Waals surface area contributed by atoms with Crippen molar-refractivity contribution in [1.82, 2.24) is 0 Å². The molecular weight excluding hydrogens is 330 g/mol. The van der Waals surface area contributed by atoms with Crippen LogP contribution in [0.1, 0.15) is 52.0 Å². The highest BCUT2D eigenvalue weighted by atomic mass is 16.5. The third-order valence-corrected chi connectivity index (χ3v) is 4.36. The minimum Gasteiger partial charge on any atom is -0.462 e.